The molecule has 0 radical (unpaired) electrons. The van der Waals surface area contributed by atoms with Gasteiger partial charge >= 0.3 is 11.9 Å². The van der Waals surface area contributed by atoms with E-state index in [4.69, 9.17) is 52.1 Å². The minimum Gasteiger partial charge on any atom is -0.487 e. The van der Waals surface area contributed by atoms with E-state index in [0.29, 0.717) is 100 Å². The summed E-state index contributed by atoms with van der Waals surface area (Å²) in [6, 6.07) is 14.9. The first-order valence-corrected chi connectivity index (χ1v) is 16.1. The Morgan fingerprint density at radius 2 is 0.735 bits per heavy atom. The molecule has 1 aromatic heterocycles. The monoisotopic (exact) mass is 683 g/mol. The minimum absolute atomic E-state index is 0.0398. The molecule has 0 saturated carbocycles. The number of fused-ring (bicyclic) bond motifs is 13. The highest BCUT2D eigenvalue weighted by atomic mass is 16.6. The van der Waals surface area contributed by atoms with Crippen molar-refractivity contribution in [3.63, 3.8) is 0 Å². The third kappa shape index (κ3) is 12.2. The Hall–Kier alpha value is -4.47. The summed E-state index contributed by atoms with van der Waals surface area (Å²) in [4.78, 5) is 30.0. The molecule has 0 fully saturated rings. The summed E-state index contributed by atoms with van der Waals surface area (Å²) >= 11 is 0. The molecule has 264 valence electrons. The van der Waals surface area contributed by atoms with Crippen molar-refractivity contribution >= 4 is 11.9 Å². The SMILES string of the molecule is O=C1OCc2ccc3c(c2)OCCOCCOCCOc2cc(ccc2OCCOCCOCCOCCO3)COC(=O)c2cccc1n2. The highest BCUT2D eigenvalue weighted by Crippen LogP contribution is 2.30. The zero-order chi connectivity index (χ0) is 33.9. The van der Waals surface area contributed by atoms with Crippen molar-refractivity contribution in [2.45, 2.75) is 13.2 Å². The Bertz CT molecular complexity index is 1380. The van der Waals surface area contributed by atoms with Crippen molar-refractivity contribution < 1.29 is 61.7 Å². The summed E-state index contributed by atoms with van der Waals surface area (Å²) in [7, 11) is 0. The van der Waals surface area contributed by atoms with Crippen LogP contribution in [0.4, 0.5) is 0 Å². The van der Waals surface area contributed by atoms with Crippen molar-refractivity contribution in [3.8, 4) is 23.0 Å². The van der Waals surface area contributed by atoms with Crippen LogP contribution in [0.15, 0.2) is 54.6 Å². The van der Waals surface area contributed by atoms with Gasteiger partial charge in [0.15, 0.2) is 23.0 Å². The molecule has 0 aliphatic carbocycles. The molecular formula is C35H41NO13. The molecule has 49 heavy (non-hydrogen) atoms. The van der Waals surface area contributed by atoms with Crippen LogP contribution in [0.2, 0.25) is 0 Å². The number of carbonyl (C=O) groups is 2. The molecule has 0 amide bonds. The van der Waals surface area contributed by atoms with E-state index >= 15 is 0 Å². The van der Waals surface area contributed by atoms with Crippen molar-refractivity contribution in [2.75, 3.05) is 92.5 Å². The molecule has 6 bridgehead atoms. The van der Waals surface area contributed by atoms with Crippen LogP contribution in [0.1, 0.15) is 32.1 Å². The number of rotatable bonds is 0. The number of pyridine rings is 1. The summed E-state index contributed by atoms with van der Waals surface area (Å²) in [6.07, 6.45) is 0. The maximum atomic E-state index is 12.9. The molecule has 3 aromatic rings. The molecule has 14 heteroatoms. The van der Waals surface area contributed by atoms with Gasteiger partial charge in [0.1, 0.15) is 51.0 Å². The first-order valence-electron chi connectivity index (χ1n) is 16.1. The maximum Gasteiger partial charge on any atom is 0.357 e. The van der Waals surface area contributed by atoms with E-state index in [1.54, 1.807) is 36.4 Å². The van der Waals surface area contributed by atoms with E-state index in [0.717, 1.165) is 0 Å². The molecule has 2 aliphatic rings. The lowest BCUT2D eigenvalue weighted by atomic mass is 10.2. The van der Waals surface area contributed by atoms with Gasteiger partial charge in [0.25, 0.3) is 0 Å². The van der Waals surface area contributed by atoms with Crippen LogP contribution in [-0.2, 0) is 46.4 Å². The van der Waals surface area contributed by atoms with Crippen molar-refractivity contribution in [1.82, 2.24) is 4.98 Å². The molecule has 0 spiro atoms. The largest absolute Gasteiger partial charge is 0.487 e. The number of hydrogen-bond donors (Lipinski definition) is 0. The Morgan fingerprint density at radius 1 is 0.388 bits per heavy atom. The fourth-order valence-corrected chi connectivity index (χ4v) is 4.56. The van der Waals surface area contributed by atoms with Crippen LogP contribution in [-0.4, -0.2) is 109 Å². The number of hydrogen-bond acceptors (Lipinski definition) is 14. The molecule has 0 N–H and O–H groups in total. The Kier molecular flexibility index (Phi) is 14.7. The highest BCUT2D eigenvalue weighted by molar-refractivity contribution is 5.91. The summed E-state index contributed by atoms with van der Waals surface area (Å²) in [6.45, 7) is 4.52. The average molecular weight is 684 g/mol. The molecule has 0 unspecified atom stereocenters. The van der Waals surface area contributed by atoms with Gasteiger partial charge in [0, 0.05) is 0 Å². The second-order valence-electron chi connectivity index (χ2n) is 10.6. The highest BCUT2D eigenvalue weighted by Gasteiger charge is 2.17. The van der Waals surface area contributed by atoms with Crippen molar-refractivity contribution in [1.29, 1.82) is 0 Å². The van der Waals surface area contributed by atoms with Gasteiger partial charge in [0.05, 0.1) is 66.1 Å². The lowest BCUT2D eigenvalue weighted by Crippen LogP contribution is -2.15. The zero-order valence-corrected chi connectivity index (χ0v) is 27.3. The predicted molar refractivity (Wildman–Crippen MR) is 171 cm³/mol. The lowest BCUT2D eigenvalue weighted by molar-refractivity contribution is 0.00470. The molecule has 0 saturated heterocycles. The Labute approximate surface area is 284 Å². The number of aromatic nitrogens is 1. The molecule has 14 nitrogen and oxygen atoms in total. The molecule has 2 aromatic carbocycles. The zero-order valence-electron chi connectivity index (χ0n) is 27.3. The van der Waals surface area contributed by atoms with E-state index in [-0.39, 0.29) is 51.0 Å². The smallest absolute Gasteiger partial charge is 0.357 e. The van der Waals surface area contributed by atoms with Gasteiger partial charge in [0.2, 0.25) is 0 Å². The van der Waals surface area contributed by atoms with E-state index in [9.17, 15) is 9.59 Å². The van der Waals surface area contributed by atoms with Crippen LogP contribution in [0.3, 0.4) is 0 Å². The van der Waals surface area contributed by atoms with E-state index < -0.39 is 11.9 Å². The molecule has 5 rings (SSSR count). The lowest BCUT2D eigenvalue weighted by Gasteiger charge is -2.15. The van der Waals surface area contributed by atoms with E-state index in [2.05, 4.69) is 4.98 Å². The predicted octanol–water partition coefficient (Wildman–Crippen LogP) is 3.42. The van der Waals surface area contributed by atoms with Gasteiger partial charge in [-0.1, -0.05) is 18.2 Å². The van der Waals surface area contributed by atoms with Gasteiger partial charge in [-0.05, 0) is 47.5 Å². The first kappa shape index (κ1) is 35.8. The number of ether oxygens (including phenoxy) is 11. The number of carbonyl (C=O) groups excluding carboxylic acids is 2. The van der Waals surface area contributed by atoms with E-state index in [1.165, 1.54) is 18.2 Å². The van der Waals surface area contributed by atoms with Gasteiger partial charge in [-0.2, -0.15) is 0 Å². The Morgan fingerprint density at radius 3 is 1.12 bits per heavy atom. The van der Waals surface area contributed by atoms with Crippen LogP contribution in [0, 0.1) is 0 Å². The molecule has 0 atom stereocenters. The summed E-state index contributed by atoms with van der Waals surface area (Å²) in [5.74, 6) is 0.480. The molecular weight excluding hydrogens is 642 g/mol. The molecule has 2 aliphatic heterocycles. The van der Waals surface area contributed by atoms with Crippen LogP contribution in [0.25, 0.3) is 0 Å². The van der Waals surface area contributed by atoms with Gasteiger partial charge in [-0.3, -0.25) is 0 Å². The summed E-state index contributed by atoms with van der Waals surface area (Å²) < 4.78 is 63.0. The van der Waals surface area contributed by atoms with E-state index in [1.807, 2.05) is 0 Å². The fraction of sp³-hybridized carbons (Fsp3) is 0.457. The summed E-state index contributed by atoms with van der Waals surface area (Å²) in [5, 5.41) is 0. The Balaban J connectivity index is 1.36. The normalized spacial score (nSPS) is 18.4. The van der Waals surface area contributed by atoms with Crippen molar-refractivity contribution in [3.05, 3.63) is 77.1 Å². The first-order chi connectivity index (χ1) is 24.2. The fourth-order valence-electron chi connectivity index (χ4n) is 4.56. The second-order valence-corrected chi connectivity index (χ2v) is 10.6. The maximum absolute atomic E-state index is 12.9. The standard InChI is InChI=1S/C35H41NO13/c37-34-28-2-1-3-29(36-28)35(38)49-25-27-5-7-31-33(23-27)47-21-17-43-13-12-42-16-20-46-32-22-26(24-48-34)4-6-30(32)44-18-14-40-10-8-39-9-11-41-15-19-45-31/h1-7,22-23H,8-21,24-25H2. The quantitative estimate of drug-likeness (QED) is 0.252. The van der Waals surface area contributed by atoms with Crippen molar-refractivity contribution in [2.24, 2.45) is 0 Å². The second kappa shape index (κ2) is 20.1. The van der Waals surface area contributed by atoms with Crippen LogP contribution in [0.5, 0.6) is 23.0 Å². The topological polar surface area (TPSA) is 149 Å². The number of cyclic esters (lactones) is 2. The minimum atomic E-state index is -0.706. The third-order valence-electron chi connectivity index (χ3n) is 6.98. The van der Waals surface area contributed by atoms with Crippen LogP contribution >= 0.6 is 0 Å². The van der Waals surface area contributed by atoms with Crippen LogP contribution < -0.4 is 18.9 Å². The summed E-state index contributed by atoms with van der Waals surface area (Å²) in [5.41, 5.74) is 1.23. The third-order valence-corrected chi connectivity index (χ3v) is 6.98. The molecule has 3 heterocycles. The van der Waals surface area contributed by atoms with Gasteiger partial charge in [-0.25, -0.2) is 14.6 Å². The average Bonchev–Trinajstić information content (AvgIpc) is 3.12. The number of esters is 2. The number of nitrogens with zero attached hydrogens (tertiary/aromatic N) is 1. The van der Waals surface area contributed by atoms with Gasteiger partial charge in [-0.15, -0.1) is 0 Å². The van der Waals surface area contributed by atoms with Gasteiger partial charge < -0.3 is 52.1 Å². The number of benzene rings is 2.